The Morgan fingerprint density at radius 2 is 1.70 bits per heavy atom. The van der Waals surface area contributed by atoms with Crippen molar-refractivity contribution in [2.24, 2.45) is 0 Å². The molecule has 0 atom stereocenters. The zero-order valence-electron chi connectivity index (χ0n) is 11.0. The summed E-state index contributed by atoms with van der Waals surface area (Å²) in [4.78, 5) is 8.05. The van der Waals surface area contributed by atoms with Crippen LogP contribution in [0.3, 0.4) is 0 Å². The molecule has 0 fully saturated rings. The first kappa shape index (κ1) is 14.0. The predicted octanol–water partition coefficient (Wildman–Crippen LogP) is 2.38. The van der Waals surface area contributed by atoms with E-state index in [0.29, 0.717) is 11.8 Å². The predicted molar refractivity (Wildman–Crippen MR) is 68.8 cm³/mol. The lowest BCUT2D eigenvalue weighted by Gasteiger charge is -2.09. The monoisotopic (exact) mass is 281 g/mol. The van der Waals surface area contributed by atoms with Gasteiger partial charge in [-0.1, -0.05) is 0 Å². The minimum atomic E-state index is -0.507. The number of nitrogens with one attached hydrogen (secondary N) is 1. The van der Waals surface area contributed by atoms with Crippen LogP contribution >= 0.6 is 0 Å². The summed E-state index contributed by atoms with van der Waals surface area (Å²) < 4.78 is 36.5. The molecule has 0 unspecified atom stereocenters. The zero-order valence-corrected chi connectivity index (χ0v) is 11.0. The summed E-state index contributed by atoms with van der Waals surface area (Å²) in [6.45, 7) is 0.0416. The number of halogens is 2. The van der Waals surface area contributed by atoms with E-state index in [0.717, 1.165) is 18.2 Å². The summed E-state index contributed by atoms with van der Waals surface area (Å²) in [6, 6.07) is 4.75. The number of hydrogen-bond donors (Lipinski definition) is 1. The lowest BCUT2D eigenvalue weighted by atomic mass is 10.2. The molecule has 5 nitrogen and oxygen atoms in total. The average Bonchev–Trinajstić information content (AvgIpc) is 2.47. The largest absolute Gasteiger partial charge is 0.481 e. The van der Waals surface area contributed by atoms with Gasteiger partial charge < -0.3 is 14.8 Å². The molecule has 1 aromatic carbocycles. The Morgan fingerprint density at radius 1 is 1.05 bits per heavy atom. The second-order valence-electron chi connectivity index (χ2n) is 3.87. The zero-order chi connectivity index (χ0) is 14.5. The smallest absolute Gasteiger partial charge is 0.229 e. The van der Waals surface area contributed by atoms with Crippen molar-refractivity contribution in [1.29, 1.82) is 0 Å². The van der Waals surface area contributed by atoms with Crippen LogP contribution in [0.25, 0.3) is 0 Å². The van der Waals surface area contributed by atoms with E-state index in [9.17, 15) is 8.78 Å². The third kappa shape index (κ3) is 3.31. The van der Waals surface area contributed by atoms with Gasteiger partial charge in [0.25, 0.3) is 0 Å². The van der Waals surface area contributed by atoms with Crippen molar-refractivity contribution in [1.82, 2.24) is 9.97 Å². The number of benzene rings is 1. The van der Waals surface area contributed by atoms with E-state index in [2.05, 4.69) is 15.3 Å². The average molecular weight is 281 g/mol. The molecule has 106 valence electrons. The third-order valence-corrected chi connectivity index (χ3v) is 2.54. The first-order chi connectivity index (χ1) is 9.62. The molecule has 7 heteroatoms. The fourth-order valence-electron chi connectivity index (χ4n) is 1.55. The molecule has 0 radical (unpaired) electrons. The minimum absolute atomic E-state index is 0.0416. The molecular weight excluding hydrogens is 268 g/mol. The van der Waals surface area contributed by atoms with Crippen LogP contribution in [0, 0.1) is 11.6 Å². The SMILES string of the molecule is COc1cc(OC)nc(NCc2cc(F)ccc2F)n1. The molecule has 1 aromatic heterocycles. The highest BCUT2D eigenvalue weighted by Gasteiger charge is 2.07. The van der Waals surface area contributed by atoms with Crippen molar-refractivity contribution in [3.63, 3.8) is 0 Å². The maximum atomic E-state index is 13.5. The number of hydrogen-bond acceptors (Lipinski definition) is 5. The van der Waals surface area contributed by atoms with E-state index in [-0.39, 0.29) is 18.1 Å². The minimum Gasteiger partial charge on any atom is -0.481 e. The van der Waals surface area contributed by atoms with Gasteiger partial charge in [-0.3, -0.25) is 0 Å². The van der Waals surface area contributed by atoms with Gasteiger partial charge in [0.1, 0.15) is 11.6 Å². The standard InChI is InChI=1S/C13H13F2N3O2/c1-19-11-6-12(20-2)18-13(17-11)16-7-8-5-9(14)3-4-10(8)15/h3-6H,7H2,1-2H3,(H,16,17,18). The summed E-state index contributed by atoms with van der Waals surface area (Å²) in [5, 5.41) is 2.79. The van der Waals surface area contributed by atoms with Gasteiger partial charge in [0.15, 0.2) is 0 Å². The van der Waals surface area contributed by atoms with Gasteiger partial charge in [0.2, 0.25) is 17.7 Å². The Labute approximate surface area is 114 Å². The molecule has 0 aliphatic carbocycles. The van der Waals surface area contributed by atoms with Gasteiger partial charge in [0.05, 0.1) is 20.3 Å². The molecule has 2 rings (SSSR count). The van der Waals surface area contributed by atoms with Crippen molar-refractivity contribution in [3.8, 4) is 11.8 Å². The molecule has 0 saturated heterocycles. The maximum absolute atomic E-state index is 13.5. The van der Waals surface area contributed by atoms with Crippen LogP contribution in [0.1, 0.15) is 5.56 Å². The first-order valence-corrected chi connectivity index (χ1v) is 5.77. The maximum Gasteiger partial charge on any atom is 0.229 e. The number of anilines is 1. The van der Waals surface area contributed by atoms with Crippen LogP contribution in [-0.4, -0.2) is 24.2 Å². The number of rotatable bonds is 5. The summed E-state index contributed by atoms with van der Waals surface area (Å²) in [6.07, 6.45) is 0. The number of aromatic nitrogens is 2. The molecule has 0 amide bonds. The Kier molecular flexibility index (Phi) is 4.29. The quantitative estimate of drug-likeness (QED) is 0.912. The van der Waals surface area contributed by atoms with E-state index < -0.39 is 11.6 Å². The molecular formula is C13H13F2N3O2. The van der Waals surface area contributed by atoms with Crippen LogP contribution in [-0.2, 0) is 6.54 Å². The summed E-state index contributed by atoms with van der Waals surface area (Å²) >= 11 is 0. The van der Waals surface area contributed by atoms with Gasteiger partial charge in [-0.15, -0.1) is 0 Å². The van der Waals surface area contributed by atoms with E-state index in [1.165, 1.54) is 20.3 Å². The van der Waals surface area contributed by atoms with Crippen molar-refractivity contribution in [2.45, 2.75) is 6.54 Å². The van der Waals surface area contributed by atoms with E-state index in [4.69, 9.17) is 9.47 Å². The van der Waals surface area contributed by atoms with E-state index >= 15 is 0 Å². The summed E-state index contributed by atoms with van der Waals surface area (Å²) in [5.41, 5.74) is 0.176. The Bertz CT molecular complexity index is 586. The molecule has 20 heavy (non-hydrogen) atoms. The van der Waals surface area contributed by atoms with Crippen LogP contribution in [0.15, 0.2) is 24.3 Å². The van der Waals surface area contributed by atoms with Gasteiger partial charge in [-0.25, -0.2) is 8.78 Å². The second-order valence-corrected chi connectivity index (χ2v) is 3.87. The van der Waals surface area contributed by atoms with E-state index in [1.807, 2.05) is 0 Å². The number of ether oxygens (including phenoxy) is 2. The molecule has 0 saturated carbocycles. The molecule has 0 bridgehead atoms. The number of nitrogens with zero attached hydrogens (tertiary/aromatic N) is 2. The highest BCUT2D eigenvalue weighted by atomic mass is 19.1. The van der Waals surface area contributed by atoms with Crippen molar-refractivity contribution < 1.29 is 18.3 Å². The van der Waals surface area contributed by atoms with Crippen LogP contribution in [0.5, 0.6) is 11.8 Å². The van der Waals surface area contributed by atoms with E-state index in [1.54, 1.807) is 0 Å². The molecule has 0 spiro atoms. The van der Waals surface area contributed by atoms with Crippen LogP contribution in [0.4, 0.5) is 14.7 Å². The van der Waals surface area contributed by atoms with Gasteiger partial charge in [0, 0.05) is 12.1 Å². The normalized spacial score (nSPS) is 10.2. The highest BCUT2D eigenvalue weighted by molar-refractivity contribution is 5.35. The van der Waals surface area contributed by atoms with Crippen molar-refractivity contribution in [3.05, 3.63) is 41.5 Å². The highest BCUT2D eigenvalue weighted by Crippen LogP contribution is 2.18. The van der Waals surface area contributed by atoms with Crippen molar-refractivity contribution >= 4 is 5.95 Å². The van der Waals surface area contributed by atoms with Crippen molar-refractivity contribution in [2.75, 3.05) is 19.5 Å². The molecule has 2 aromatic rings. The third-order valence-electron chi connectivity index (χ3n) is 2.54. The summed E-state index contributed by atoms with van der Waals surface area (Å²) in [5.74, 6) is -0.205. The number of methoxy groups -OCH3 is 2. The van der Waals surface area contributed by atoms with Gasteiger partial charge >= 0.3 is 0 Å². The fraction of sp³-hybridized carbons (Fsp3) is 0.231. The molecule has 0 aliphatic rings. The van der Waals surface area contributed by atoms with Gasteiger partial charge in [-0.05, 0) is 18.2 Å². The van der Waals surface area contributed by atoms with Gasteiger partial charge in [-0.2, -0.15) is 9.97 Å². The van der Waals surface area contributed by atoms with Crippen LogP contribution in [0.2, 0.25) is 0 Å². The lowest BCUT2D eigenvalue weighted by Crippen LogP contribution is -2.07. The molecule has 1 heterocycles. The lowest BCUT2D eigenvalue weighted by molar-refractivity contribution is 0.373. The summed E-state index contributed by atoms with van der Waals surface area (Å²) in [7, 11) is 2.91. The Morgan fingerprint density at radius 3 is 2.30 bits per heavy atom. The topological polar surface area (TPSA) is 56.3 Å². The molecule has 0 aliphatic heterocycles. The van der Waals surface area contributed by atoms with Crippen LogP contribution < -0.4 is 14.8 Å². The Balaban J connectivity index is 2.16. The molecule has 1 N–H and O–H groups in total. The fourth-order valence-corrected chi connectivity index (χ4v) is 1.55. The second kappa shape index (κ2) is 6.14. The Hall–Kier alpha value is -2.44. The first-order valence-electron chi connectivity index (χ1n) is 5.77.